The lowest BCUT2D eigenvalue weighted by atomic mass is 9.86. The zero-order valence-electron chi connectivity index (χ0n) is 9.42. The van der Waals surface area contributed by atoms with Crippen LogP contribution in [-0.2, 0) is 8.85 Å². The Morgan fingerprint density at radius 2 is 1.86 bits per heavy atom. The number of hydrogen-bond acceptors (Lipinski definition) is 2. The van der Waals surface area contributed by atoms with Gasteiger partial charge in [0.25, 0.3) is 0 Å². The van der Waals surface area contributed by atoms with Crippen molar-refractivity contribution in [3.8, 4) is 0 Å². The van der Waals surface area contributed by atoms with E-state index >= 15 is 0 Å². The molecule has 0 amide bonds. The quantitative estimate of drug-likeness (QED) is 0.633. The summed E-state index contributed by atoms with van der Waals surface area (Å²) in [4.78, 5) is 0. The van der Waals surface area contributed by atoms with E-state index in [1.54, 1.807) is 0 Å². The lowest BCUT2D eigenvalue weighted by Gasteiger charge is -2.31. The first-order chi connectivity index (χ1) is 6.72. The van der Waals surface area contributed by atoms with E-state index in [0.29, 0.717) is 0 Å². The molecule has 2 fully saturated rings. The lowest BCUT2D eigenvalue weighted by Crippen LogP contribution is -2.40. The molecule has 82 valence electrons. The summed E-state index contributed by atoms with van der Waals surface area (Å²) in [5.41, 5.74) is 0. The Kier molecular flexibility index (Phi) is 3.29. The predicted octanol–water partition coefficient (Wildman–Crippen LogP) is 2.93. The normalized spacial score (nSPS) is 27.0. The van der Waals surface area contributed by atoms with E-state index in [1.807, 2.05) is 7.11 Å². The summed E-state index contributed by atoms with van der Waals surface area (Å²) in [7, 11) is 0.0596. The van der Waals surface area contributed by atoms with E-state index in [2.05, 4.69) is 6.55 Å². The minimum Gasteiger partial charge on any atom is -0.398 e. The van der Waals surface area contributed by atoms with Gasteiger partial charge in [0.1, 0.15) is 0 Å². The second-order valence-corrected chi connectivity index (χ2v) is 8.47. The van der Waals surface area contributed by atoms with Crippen LogP contribution < -0.4 is 0 Å². The Hall–Kier alpha value is 0.137. The van der Waals surface area contributed by atoms with Crippen LogP contribution >= 0.6 is 0 Å². The molecule has 0 N–H and O–H groups in total. The van der Waals surface area contributed by atoms with Crippen molar-refractivity contribution in [2.75, 3.05) is 13.7 Å². The van der Waals surface area contributed by atoms with E-state index < -0.39 is 8.56 Å². The van der Waals surface area contributed by atoms with Gasteiger partial charge in [-0.15, -0.1) is 0 Å². The maximum atomic E-state index is 6.05. The minimum absolute atomic E-state index is 0.844. The second kappa shape index (κ2) is 4.33. The van der Waals surface area contributed by atoms with Crippen molar-refractivity contribution < 1.29 is 8.85 Å². The molecule has 2 aliphatic rings. The smallest absolute Gasteiger partial charge is 0.334 e. The lowest BCUT2D eigenvalue weighted by molar-refractivity contribution is 0.132. The van der Waals surface area contributed by atoms with Crippen molar-refractivity contribution in [2.24, 2.45) is 11.8 Å². The molecule has 2 rings (SSSR count). The first-order valence-electron chi connectivity index (χ1n) is 5.91. The highest BCUT2D eigenvalue weighted by Crippen LogP contribution is 2.38. The Bertz CT molecular complexity index is 190. The van der Waals surface area contributed by atoms with Crippen molar-refractivity contribution in [3.63, 3.8) is 0 Å². The molecule has 3 heteroatoms. The van der Waals surface area contributed by atoms with Crippen LogP contribution in [0.1, 0.15) is 32.1 Å². The Labute approximate surface area is 88.2 Å². The third-order valence-corrected chi connectivity index (χ3v) is 6.60. The van der Waals surface area contributed by atoms with Gasteiger partial charge in [-0.3, -0.25) is 0 Å². The monoisotopic (exact) mass is 214 g/mol. The van der Waals surface area contributed by atoms with Crippen LogP contribution in [0.25, 0.3) is 0 Å². The molecule has 0 aromatic heterocycles. The molecule has 0 bridgehead atoms. The fraction of sp³-hybridized carbons (Fsp3) is 1.00. The van der Waals surface area contributed by atoms with Gasteiger partial charge in [0.05, 0.1) is 0 Å². The molecular formula is C11H22O2Si. The summed E-state index contributed by atoms with van der Waals surface area (Å²) in [6.45, 7) is 3.19. The Morgan fingerprint density at radius 3 is 2.29 bits per heavy atom. The van der Waals surface area contributed by atoms with Crippen molar-refractivity contribution in [1.82, 2.24) is 0 Å². The van der Waals surface area contributed by atoms with Gasteiger partial charge in [-0.05, 0) is 37.3 Å². The summed E-state index contributed by atoms with van der Waals surface area (Å²) in [5, 5.41) is 0. The van der Waals surface area contributed by atoms with Gasteiger partial charge in [0.15, 0.2) is 0 Å². The van der Waals surface area contributed by atoms with Gasteiger partial charge in [0, 0.05) is 13.7 Å². The van der Waals surface area contributed by atoms with Gasteiger partial charge >= 0.3 is 8.56 Å². The minimum atomic E-state index is -1.77. The van der Waals surface area contributed by atoms with Crippen LogP contribution in [0, 0.1) is 11.8 Å². The maximum Gasteiger partial charge on any atom is 0.334 e. The average molecular weight is 214 g/mol. The largest absolute Gasteiger partial charge is 0.398 e. The number of hydrogen-bond donors (Lipinski definition) is 0. The predicted molar refractivity (Wildman–Crippen MR) is 59.5 cm³/mol. The summed E-state index contributed by atoms with van der Waals surface area (Å²) in [6.07, 6.45) is 6.95. The summed E-state index contributed by atoms with van der Waals surface area (Å²) in [6, 6.07) is 1.22. The molecule has 2 nitrogen and oxygen atoms in total. The highest BCUT2D eigenvalue weighted by molar-refractivity contribution is 6.66. The van der Waals surface area contributed by atoms with Crippen LogP contribution in [0.2, 0.25) is 12.6 Å². The molecule has 2 aliphatic carbocycles. The first kappa shape index (κ1) is 10.6. The number of rotatable bonds is 6. The maximum absolute atomic E-state index is 6.05. The highest BCUT2D eigenvalue weighted by atomic mass is 28.4. The standard InChI is InChI=1S/C11H22O2Si/c1-12-14(2,9-11-6-7-11)13-8-10-4-3-5-10/h10-11H,3-9H2,1-2H3. The van der Waals surface area contributed by atoms with Crippen LogP contribution in [0.15, 0.2) is 0 Å². The topological polar surface area (TPSA) is 18.5 Å². The van der Waals surface area contributed by atoms with Crippen LogP contribution in [0.5, 0.6) is 0 Å². The fourth-order valence-corrected chi connectivity index (χ4v) is 4.45. The molecule has 2 saturated carbocycles. The molecule has 0 aliphatic heterocycles. The third kappa shape index (κ3) is 2.81. The van der Waals surface area contributed by atoms with E-state index in [9.17, 15) is 0 Å². The summed E-state index contributed by atoms with van der Waals surface area (Å²) >= 11 is 0. The average Bonchev–Trinajstić information content (AvgIpc) is 2.85. The van der Waals surface area contributed by atoms with Crippen molar-refractivity contribution >= 4 is 8.56 Å². The van der Waals surface area contributed by atoms with Gasteiger partial charge < -0.3 is 8.85 Å². The molecule has 14 heavy (non-hydrogen) atoms. The van der Waals surface area contributed by atoms with E-state index in [0.717, 1.165) is 18.4 Å². The van der Waals surface area contributed by atoms with Gasteiger partial charge in [-0.25, -0.2) is 0 Å². The third-order valence-electron chi connectivity index (χ3n) is 3.64. The molecule has 1 atom stereocenters. The van der Waals surface area contributed by atoms with Crippen LogP contribution in [0.3, 0.4) is 0 Å². The molecular weight excluding hydrogens is 192 g/mol. The van der Waals surface area contributed by atoms with E-state index in [1.165, 1.54) is 38.1 Å². The van der Waals surface area contributed by atoms with E-state index in [-0.39, 0.29) is 0 Å². The molecule has 0 radical (unpaired) electrons. The van der Waals surface area contributed by atoms with Crippen molar-refractivity contribution in [1.29, 1.82) is 0 Å². The van der Waals surface area contributed by atoms with Crippen LogP contribution in [-0.4, -0.2) is 22.3 Å². The van der Waals surface area contributed by atoms with Crippen molar-refractivity contribution in [2.45, 2.75) is 44.7 Å². The Balaban J connectivity index is 1.71. The Morgan fingerprint density at radius 1 is 1.14 bits per heavy atom. The molecule has 1 unspecified atom stereocenters. The van der Waals surface area contributed by atoms with Gasteiger partial charge in [-0.2, -0.15) is 0 Å². The molecule has 0 aromatic rings. The van der Waals surface area contributed by atoms with Crippen LogP contribution in [0.4, 0.5) is 0 Å². The zero-order valence-corrected chi connectivity index (χ0v) is 10.4. The second-order valence-electron chi connectivity index (χ2n) is 5.09. The van der Waals surface area contributed by atoms with Gasteiger partial charge in [-0.1, -0.05) is 19.3 Å². The van der Waals surface area contributed by atoms with Gasteiger partial charge in [0.2, 0.25) is 0 Å². The zero-order chi connectivity index (χ0) is 10.0. The first-order valence-corrected chi connectivity index (χ1v) is 8.43. The molecule has 0 aromatic carbocycles. The summed E-state index contributed by atoms with van der Waals surface area (Å²) < 4.78 is 11.7. The highest BCUT2D eigenvalue weighted by Gasteiger charge is 2.38. The fourth-order valence-electron chi connectivity index (χ4n) is 2.00. The summed E-state index contributed by atoms with van der Waals surface area (Å²) in [5.74, 6) is 1.77. The molecule has 0 heterocycles. The van der Waals surface area contributed by atoms with Crippen molar-refractivity contribution in [3.05, 3.63) is 0 Å². The molecule has 0 saturated heterocycles. The van der Waals surface area contributed by atoms with E-state index in [4.69, 9.17) is 8.85 Å². The SMILES string of the molecule is CO[Si](C)(CC1CC1)OCC1CCC1. The molecule has 0 spiro atoms.